The van der Waals surface area contributed by atoms with E-state index in [9.17, 15) is 9.50 Å². The summed E-state index contributed by atoms with van der Waals surface area (Å²) in [5, 5.41) is 17.4. The van der Waals surface area contributed by atoms with Crippen LogP contribution in [-0.2, 0) is 6.54 Å². The lowest BCUT2D eigenvalue weighted by Crippen LogP contribution is -2.26. The monoisotopic (exact) mass is 352 g/mol. The van der Waals surface area contributed by atoms with Gasteiger partial charge in [-0.25, -0.2) is 14.8 Å². The summed E-state index contributed by atoms with van der Waals surface area (Å²) in [6.07, 6.45) is 1.10. The topological polar surface area (TPSA) is 85.3 Å². The first kappa shape index (κ1) is 16.1. The maximum absolute atomic E-state index is 14.0. The number of aromatic nitrogens is 2. The summed E-state index contributed by atoms with van der Waals surface area (Å²) >= 11 is 0. The molecular weight excluding hydrogens is 335 g/mol. The minimum atomic E-state index is -0.585. The summed E-state index contributed by atoms with van der Waals surface area (Å²) in [5.41, 5.74) is 6.83. The van der Waals surface area contributed by atoms with E-state index in [1.54, 1.807) is 12.1 Å². The Morgan fingerprint density at radius 3 is 2.85 bits per heavy atom. The molecule has 0 saturated carbocycles. The van der Waals surface area contributed by atoms with Crippen LogP contribution in [0.5, 0.6) is 5.75 Å². The van der Waals surface area contributed by atoms with E-state index >= 15 is 0 Å². The standard InChI is InChI=1S/C18H17FN6O/c1-25-16-6-5-13(7-11(16)9-21-25)23-18-20-10-15(19)17(24-18)22-12-3-2-4-14(26)8-12/h2-8,10,21,26H,9H2,1H3,(H2,20,22,23,24). The van der Waals surface area contributed by atoms with Gasteiger partial charge in [-0.2, -0.15) is 4.98 Å². The van der Waals surface area contributed by atoms with Crippen molar-refractivity contribution >= 4 is 28.8 Å². The van der Waals surface area contributed by atoms with E-state index in [0.717, 1.165) is 29.7 Å². The van der Waals surface area contributed by atoms with Crippen LogP contribution >= 0.6 is 0 Å². The van der Waals surface area contributed by atoms with Gasteiger partial charge in [0.05, 0.1) is 11.9 Å². The number of hydrazine groups is 1. The molecule has 0 unspecified atom stereocenters. The highest BCUT2D eigenvalue weighted by atomic mass is 19.1. The summed E-state index contributed by atoms with van der Waals surface area (Å²) in [5.74, 6) is -0.206. The number of phenolic OH excluding ortho intramolecular Hbond substituents is 1. The van der Waals surface area contributed by atoms with E-state index in [0.29, 0.717) is 5.69 Å². The van der Waals surface area contributed by atoms with Gasteiger partial charge in [0.15, 0.2) is 11.6 Å². The third-order valence-electron chi connectivity index (χ3n) is 4.06. The molecule has 2 aromatic carbocycles. The number of anilines is 5. The van der Waals surface area contributed by atoms with Gasteiger partial charge in [-0.05, 0) is 35.9 Å². The highest BCUT2D eigenvalue weighted by Crippen LogP contribution is 2.28. The second-order valence-corrected chi connectivity index (χ2v) is 5.93. The molecule has 0 spiro atoms. The van der Waals surface area contributed by atoms with E-state index in [4.69, 9.17) is 0 Å². The first-order valence-electron chi connectivity index (χ1n) is 8.04. The van der Waals surface area contributed by atoms with Crippen LogP contribution in [0.2, 0.25) is 0 Å². The van der Waals surface area contributed by atoms with Crippen molar-refractivity contribution in [3.05, 3.63) is 60.0 Å². The van der Waals surface area contributed by atoms with Crippen molar-refractivity contribution in [3.8, 4) is 5.75 Å². The van der Waals surface area contributed by atoms with Gasteiger partial charge in [0.1, 0.15) is 5.75 Å². The molecule has 0 atom stereocenters. The van der Waals surface area contributed by atoms with Crippen LogP contribution in [0, 0.1) is 5.82 Å². The zero-order valence-electron chi connectivity index (χ0n) is 14.0. The Labute approximate surface area is 149 Å². The number of nitrogens with one attached hydrogen (secondary N) is 3. The van der Waals surface area contributed by atoms with Gasteiger partial charge in [0.25, 0.3) is 0 Å². The molecule has 4 N–H and O–H groups in total. The number of benzene rings is 2. The largest absolute Gasteiger partial charge is 0.508 e. The Hall–Kier alpha value is -3.39. The quantitative estimate of drug-likeness (QED) is 0.573. The highest BCUT2D eigenvalue weighted by molar-refractivity contribution is 5.66. The van der Waals surface area contributed by atoms with Gasteiger partial charge in [0, 0.05) is 31.0 Å². The van der Waals surface area contributed by atoms with Crippen LogP contribution < -0.4 is 21.1 Å². The Morgan fingerprint density at radius 2 is 2.00 bits per heavy atom. The number of aromatic hydroxyl groups is 1. The van der Waals surface area contributed by atoms with Crippen LogP contribution in [0.25, 0.3) is 0 Å². The maximum atomic E-state index is 14.0. The van der Waals surface area contributed by atoms with Crippen LogP contribution in [0.3, 0.4) is 0 Å². The normalized spacial score (nSPS) is 12.8. The maximum Gasteiger partial charge on any atom is 0.229 e. The van der Waals surface area contributed by atoms with Gasteiger partial charge in [-0.15, -0.1) is 0 Å². The number of halogens is 1. The highest BCUT2D eigenvalue weighted by Gasteiger charge is 2.15. The van der Waals surface area contributed by atoms with Crippen molar-refractivity contribution in [2.24, 2.45) is 0 Å². The Morgan fingerprint density at radius 1 is 1.15 bits per heavy atom. The minimum Gasteiger partial charge on any atom is -0.508 e. The average Bonchev–Trinajstić information content (AvgIpc) is 2.98. The summed E-state index contributed by atoms with van der Waals surface area (Å²) in [6.45, 7) is 0.746. The Balaban J connectivity index is 1.56. The van der Waals surface area contributed by atoms with Crippen molar-refractivity contribution in [1.82, 2.24) is 15.4 Å². The molecule has 26 heavy (non-hydrogen) atoms. The van der Waals surface area contributed by atoms with Gasteiger partial charge < -0.3 is 20.7 Å². The van der Waals surface area contributed by atoms with E-state index in [1.165, 1.54) is 12.1 Å². The van der Waals surface area contributed by atoms with Crippen LogP contribution in [0.4, 0.5) is 33.2 Å². The summed E-state index contributed by atoms with van der Waals surface area (Å²) < 4.78 is 14.0. The number of fused-ring (bicyclic) bond motifs is 1. The fourth-order valence-electron chi connectivity index (χ4n) is 2.79. The minimum absolute atomic E-state index is 0.0238. The van der Waals surface area contributed by atoms with Crippen molar-refractivity contribution in [3.63, 3.8) is 0 Å². The molecule has 0 radical (unpaired) electrons. The van der Waals surface area contributed by atoms with Gasteiger partial charge in [-0.3, -0.25) is 0 Å². The van der Waals surface area contributed by atoms with Crippen LogP contribution in [-0.4, -0.2) is 22.1 Å². The van der Waals surface area contributed by atoms with Gasteiger partial charge in [-0.1, -0.05) is 6.07 Å². The first-order chi connectivity index (χ1) is 12.6. The first-order valence-corrected chi connectivity index (χ1v) is 8.04. The molecule has 8 heteroatoms. The molecule has 0 aliphatic carbocycles. The predicted molar refractivity (Wildman–Crippen MR) is 98.3 cm³/mol. The molecule has 7 nitrogen and oxygen atoms in total. The Bertz CT molecular complexity index is 964. The number of hydrogen-bond donors (Lipinski definition) is 4. The lowest BCUT2D eigenvalue weighted by molar-refractivity contribution is 0.475. The molecule has 3 aromatic rings. The number of rotatable bonds is 4. The van der Waals surface area contributed by atoms with Crippen molar-refractivity contribution in [2.45, 2.75) is 6.54 Å². The summed E-state index contributed by atoms with van der Waals surface area (Å²) in [4.78, 5) is 8.17. The molecule has 132 valence electrons. The van der Waals surface area contributed by atoms with E-state index in [-0.39, 0.29) is 17.5 Å². The van der Waals surface area contributed by atoms with E-state index in [2.05, 4.69) is 26.0 Å². The molecule has 4 rings (SSSR count). The molecule has 1 aromatic heterocycles. The number of nitrogens with zero attached hydrogens (tertiary/aromatic N) is 3. The van der Waals surface area contributed by atoms with Crippen molar-refractivity contribution in [1.29, 1.82) is 0 Å². The van der Waals surface area contributed by atoms with E-state index < -0.39 is 5.82 Å². The predicted octanol–water partition coefficient (Wildman–Crippen LogP) is 3.26. The van der Waals surface area contributed by atoms with E-state index in [1.807, 2.05) is 30.3 Å². The zero-order valence-corrected chi connectivity index (χ0v) is 14.0. The van der Waals surface area contributed by atoms with Crippen LogP contribution in [0.15, 0.2) is 48.7 Å². The molecule has 0 bridgehead atoms. The lowest BCUT2D eigenvalue weighted by Gasteiger charge is -2.12. The molecule has 0 fully saturated rings. The smallest absolute Gasteiger partial charge is 0.229 e. The van der Waals surface area contributed by atoms with Crippen LogP contribution in [0.1, 0.15) is 5.56 Å². The molecule has 1 aliphatic heterocycles. The lowest BCUT2D eigenvalue weighted by atomic mass is 10.1. The molecular formula is C18H17FN6O. The summed E-state index contributed by atoms with van der Waals surface area (Å²) in [6, 6.07) is 12.3. The second kappa shape index (κ2) is 6.49. The van der Waals surface area contributed by atoms with Gasteiger partial charge in [0.2, 0.25) is 5.95 Å². The third-order valence-corrected chi connectivity index (χ3v) is 4.06. The fraction of sp³-hybridized carbons (Fsp3) is 0.111. The molecule has 1 aliphatic rings. The second-order valence-electron chi connectivity index (χ2n) is 5.93. The van der Waals surface area contributed by atoms with Crippen molar-refractivity contribution < 1.29 is 9.50 Å². The van der Waals surface area contributed by atoms with Gasteiger partial charge >= 0.3 is 0 Å². The summed E-state index contributed by atoms with van der Waals surface area (Å²) in [7, 11) is 1.96. The third kappa shape index (κ3) is 3.22. The molecule has 2 heterocycles. The molecule has 0 saturated heterocycles. The number of hydrogen-bond acceptors (Lipinski definition) is 7. The average molecular weight is 352 g/mol. The Kier molecular flexibility index (Phi) is 4.02. The van der Waals surface area contributed by atoms with Crippen molar-refractivity contribution in [2.75, 3.05) is 22.7 Å². The zero-order chi connectivity index (χ0) is 18.1. The molecule has 0 amide bonds. The fourth-order valence-corrected chi connectivity index (χ4v) is 2.79. The SMILES string of the molecule is CN1NCc2cc(Nc3ncc(F)c(Nc4cccc(O)c4)n3)ccc21. The number of phenols is 1.